The number of ether oxygens (including phenoxy) is 2. The lowest BCUT2D eigenvalue weighted by atomic mass is 10.1. The summed E-state index contributed by atoms with van der Waals surface area (Å²) in [5.74, 6) is 0.478. The first-order valence-electron chi connectivity index (χ1n) is 7.83. The molecular formula is C20H15NO4. The Morgan fingerprint density at radius 1 is 1.00 bits per heavy atom. The molecule has 0 radical (unpaired) electrons. The van der Waals surface area contributed by atoms with E-state index in [1.54, 1.807) is 6.07 Å². The van der Waals surface area contributed by atoms with E-state index in [0.29, 0.717) is 29.5 Å². The molecule has 5 heteroatoms. The monoisotopic (exact) mass is 333 g/mol. The maximum atomic E-state index is 11.7. The van der Waals surface area contributed by atoms with E-state index >= 15 is 0 Å². The largest absolute Gasteiger partial charge is 0.489 e. The molecule has 0 fully saturated rings. The second-order valence-corrected chi connectivity index (χ2v) is 5.65. The number of carboxylic acids is 1. The van der Waals surface area contributed by atoms with E-state index in [1.807, 2.05) is 54.6 Å². The minimum Gasteiger partial charge on any atom is -0.489 e. The predicted octanol–water partition coefficient (Wildman–Crippen LogP) is 4.81. The molecule has 3 aromatic rings. The van der Waals surface area contributed by atoms with Gasteiger partial charge in [-0.2, -0.15) is 0 Å². The van der Waals surface area contributed by atoms with E-state index in [0.717, 1.165) is 11.3 Å². The van der Waals surface area contributed by atoms with Gasteiger partial charge in [0.1, 0.15) is 12.4 Å². The molecule has 4 rings (SSSR count). The summed E-state index contributed by atoms with van der Waals surface area (Å²) >= 11 is 0. The summed E-state index contributed by atoms with van der Waals surface area (Å²) in [5.41, 5.74) is 2.27. The molecule has 0 saturated heterocycles. The fourth-order valence-corrected chi connectivity index (χ4v) is 2.70. The first-order valence-corrected chi connectivity index (χ1v) is 7.83. The minimum atomic E-state index is -1.04. The number of carbonyl (C=O) groups is 1. The number of para-hydroxylation sites is 2. The molecule has 124 valence electrons. The zero-order chi connectivity index (χ0) is 17.2. The van der Waals surface area contributed by atoms with Gasteiger partial charge in [0.25, 0.3) is 0 Å². The van der Waals surface area contributed by atoms with Gasteiger partial charge in [0.05, 0.1) is 16.9 Å². The molecule has 0 amide bonds. The Bertz CT molecular complexity index is 938. The Balaban J connectivity index is 1.67. The second-order valence-electron chi connectivity index (χ2n) is 5.65. The molecule has 0 aromatic heterocycles. The van der Waals surface area contributed by atoms with Crippen molar-refractivity contribution in [2.75, 3.05) is 5.32 Å². The SMILES string of the molecule is O=C(O)c1cc(OCc2ccccc2)cc2c1Nc1ccccc1O2. The molecule has 25 heavy (non-hydrogen) atoms. The van der Waals surface area contributed by atoms with Crippen LogP contribution < -0.4 is 14.8 Å². The maximum absolute atomic E-state index is 11.7. The Morgan fingerprint density at radius 3 is 2.56 bits per heavy atom. The van der Waals surface area contributed by atoms with Gasteiger partial charge in [0.2, 0.25) is 0 Å². The summed E-state index contributed by atoms with van der Waals surface area (Å²) < 4.78 is 11.6. The Labute approximate surface area is 144 Å². The quantitative estimate of drug-likeness (QED) is 0.561. The van der Waals surface area contributed by atoms with E-state index in [2.05, 4.69) is 5.32 Å². The first kappa shape index (κ1) is 15.1. The number of nitrogens with one attached hydrogen (secondary N) is 1. The highest BCUT2D eigenvalue weighted by Crippen LogP contribution is 2.45. The highest BCUT2D eigenvalue weighted by Gasteiger charge is 2.23. The smallest absolute Gasteiger partial charge is 0.338 e. The summed E-state index contributed by atoms with van der Waals surface area (Å²) in [4.78, 5) is 11.7. The van der Waals surface area contributed by atoms with Gasteiger partial charge in [-0.15, -0.1) is 0 Å². The van der Waals surface area contributed by atoms with Crippen molar-refractivity contribution in [1.82, 2.24) is 0 Å². The summed E-state index contributed by atoms with van der Waals surface area (Å²) in [7, 11) is 0. The van der Waals surface area contributed by atoms with Crippen LogP contribution in [0.5, 0.6) is 17.2 Å². The molecule has 2 N–H and O–H groups in total. The minimum absolute atomic E-state index is 0.107. The highest BCUT2D eigenvalue weighted by molar-refractivity contribution is 5.99. The van der Waals surface area contributed by atoms with Crippen LogP contribution in [0.4, 0.5) is 11.4 Å². The first-order chi connectivity index (χ1) is 12.2. The number of anilines is 2. The van der Waals surface area contributed by atoms with Crippen molar-refractivity contribution in [2.45, 2.75) is 6.61 Å². The molecule has 0 spiro atoms. The average Bonchev–Trinajstić information content (AvgIpc) is 2.64. The van der Waals surface area contributed by atoms with Crippen LogP contribution in [0.25, 0.3) is 0 Å². The van der Waals surface area contributed by atoms with E-state index in [-0.39, 0.29) is 5.56 Å². The van der Waals surface area contributed by atoms with Gasteiger partial charge in [-0.25, -0.2) is 4.79 Å². The molecule has 0 bridgehead atoms. The number of aromatic carboxylic acids is 1. The topological polar surface area (TPSA) is 67.8 Å². The van der Waals surface area contributed by atoms with E-state index in [9.17, 15) is 9.90 Å². The zero-order valence-corrected chi connectivity index (χ0v) is 13.2. The molecule has 3 aromatic carbocycles. The van der Waals surface area contributed by atoms with Crippen LogP contribution >= 0.6 is 0 Å². The summed E-state index contributed by atoms with van der Waals surface area (Å²) in [6.45, 7) is 0.350. The van der Waals surface area contributed by atoms with Crippen molar-refractivity contribution in [3.63, 3.8) is 0 Å². The van der Waals surface area contributed by atoms with Crippen LogP contribution in [0.15, 0.2) is 66.7 Å². The van der Waals surface area contributed by atoms with Crippen molar-refractivity contribution in [1.29, 1.82) is 0 Å². The predicted molar refractivity (Wildman–Crippen MR) is 94.0 cm³/mol. The summed E-state index contributed by atoms with van der Waals surface area (Å²) in [6, 6.07) is 20.3. The number of fused-ring (bicyclic) bond motifs is 2. The summed E-state index contributed by atoms with van der Waals surface area (Å²) in [6.07, 6.45) is 0. The van der Waals surface area contributed by atoms with Gasteiger partial charge in [0, 0.05) is 6.07 Å². The lowest BCUT2D eigenvalue weighted by molar-refractivity contribution is 0.0697. The number of rotatable bonds is 4. The third kappa shape index (κ3) is 2.99. The van der Waals surface area contributed by atoms with Crippen molar-refractivity contribution in [3.8, 4) is 17.2 Å². The van der Waals surface area contributed by atoms with Gasteiger partial charge in [-0.05, 0) is 23.8 Å². The molecule has 0 unspecified atom stereocenters. The van der Waals surface area contributed by atoms with Gasteiger partial charge in [-0.1, -0.05) is 42.5 Å². The van der Waals surface area contributed by atoms with Crippen molar-refractivity contribution in [2.24, 2.45) is 0 Å². The van der Waals surface area contributed by atoms with E-state index < -0.39 is 5.97 Å². The average molecular weight is 333 g/mol. The number of carboxylic acid groups (broad SMARTS) is 1. The van der Waals surface area contributed by atoms with Crippen LogP contribution in [0.1, 0.15) is 15.9 Å². The fraction of sp³-hybridized carbons (Fsp3) is 0.0500. The van der Waals surface area contributed by atoms with Crippen molar-refractivity contribution >= 4 is 17.3 Å². The van der Waals surface area contributed by atoms with Gasteiger partial charge < -0.3 is 19.9 Å². The highest BCUT2D eigenvalue weighted by atomic mass is 16.5. The summed E-state index contributed by atoms with van der Waals surface area (Å²) in [5, 5.41) is 12.7. The lowest BCUT2D eigenvalue weighted by Gasteiger charge is -2.23. The zero-order valence-electron chi connectivity index (χ0n) is 13.2. The normalized spacial score (nSPS) is 11.5. The van der Waals surface area contributed by atoms with Crippen LogP contribution in [0.2, 0.25) is 0 Å². The van der Waals surface area contributed by atoms with Crippen LogP contribution in [-0.2, 0) is 6.61 Å². The maximum Gasteiger partial charge on any atom is 0.338 e. The molecule has 0 saturated carbocycles. The molecular weight excluding hydrogens is 318 g/mol. The number of hydrogen-bond donors (Lipinski definition) is 2. The van der Waals surface area contributed by atoms with Crippen LogP contribution in [0.3, 0.4) is 0 Å². The Hall–Kier alpha value is -3.47. The van der Waals surface area contributed by atoms with Crippen molar-refractivity contribution < 1.29 is 19.4 Å². The van der Waals surface area contributed by atoms with Gasteiger partial charge in [-0.3, -0.25) is 0 Å². The van der Waals surface area contributed by atoms with E-state index in [4.69, 9.17) is 9.47 Å². The van der Waals surface area contributed by atoms with Crippen LogP contribution in [-0.4, -0.2) is 11.1 Å². The molecule has 1 heterocycles. The standard InChI is InChI=1S/C20H15NO4/c22-20(23)15-10-14(24-12-13-6-2-1-3-7-13)11-18-19(15)21-16-8-4-5-9-17(16)25-18/h1-11,21H,12H2,(H,22,23). The van der Waals surface area contributed by atoms with E-state index in [1.165, 1.54) is 6.07 Å². The van der Waals surface area contributed by atoms with Crippen molar-refractivity contribution in [3.05, 3.63) is 77.9 Å². The molecule has 0 atom stereocenters. The van der Waals surface area contributed by atoms with Crippen LogP contribution in [0, 0.1) is 0 Å². The second kappa shape index (κ2) is 6.20. The molecule has 1 aliphatic heterocycles. The Morgan fingerprint density at radius 2 is 1.76 bits per heavy atom. The third-order valence-electron chi connectivity index (χ3n) is 3.92. The third-order valence-corrected chi connectivity index (χ3v) is 3.92. The molecule has 1 aliphatic rings. The number of benzene rings is 3. The lowest BCUT2D eigenvalue weighted by Crippen LogP contribution is -2.09. The van der Waals surface area contributed by atoms with Gasteiger partial charge in [0.15, 0.2) is 11.5 Å². The number of hydrogen-bond acceptors (Lipinski definition) is 4. The molecule has 5 nitrogen and oxygen atoms in total. The Kier molecular flexibility index (Phi) is 3.74. The fourth-order valence-electron chi connectivity index (χ4n) is 2.70. The molecule has 0 aliphatic carbocycles. The van der Waals surface area contributed by atoms with Gasteiger partial charge >= 0.3 is 5.97 Å².